The van der Waals surface area contributed by atoms with Crippen LogP contribution >= 0.6 is 0 Å². The zero-order valence-electron chi connectivity index (χ0n) is 13.6. The molecule has 25 heavy (non-hydrogen) atoms. The van der Waals surface area contributed by atoms with Gasteiger partial charge in [-0.05, 0) is 29.7 Å². The van der Waals surface area contributed by atoms with Gasteiger partial charge >= 0.3 is 0 Å². The Hall–Kier alpha value is -2.99. The number of aromatic nitrogens is 3. The third-order valence-electron chi connectivity index (χ3n) is 4.50. The molecule has 1 aliphatic heterocycles. The maximum atomic E-state index is 13.0. The minimum Gasteiger partial charge on any atom is -0.388 e. The van der Waals surface area contributed by atoms with Crippen LogP contribution in [-0.4, -0.2) is 37.0 Å². The van der Waals surface area contributed by atoms with E-state index in [0.29, 0.717) is 30.9 Å². The number of pyridine rings is 1. The number of fused-ring (bicyclic) bond motifs is 1. The Morgan fingerprint density at radius 1 is 1.20 bits per heavy atom. The van der Waals surface area contributed by atoms with Gasteiger partial charge in [-0.1, -0.05) is 24.3 Å². The van der Waals surface area contributed by atoms with Gasteiger partial charge in [0.15, 0.2) is 0 Å². The van der Waals surface area contributed by atoms with Gasteiger partial charge in [0, 0.05) is 37.2 Å². The van der Waals surface area contributed by atoms with Gasteiger partial charge < -0.3 is 10.0 Å². The summed E-state index contributed by atoms with van der Waals surface area (Å²) in [5, 5.41) is 10.3. The summed E-state index contributed by atoms with van der Waals surface area (Å²) in [5.74, 6) is 0.589. The fraction of sp³-hybridized carbons (Fsp3) is 0.211. The van der Waals surface area contributed by atoms with E-state index in [2.05, 4.69) is 9.97 Å². The minimum atomic E-state index is -0.534. The van der Waals surface area contributed by atoms with Crippen LogP contribution in [0.2, 0.25) is 0 Å². The van der Waals surface area contributed by atoms with E-state index in [-0.39, 0.29) is 5.91 Å². The number of carbonyl (C=O) groups excluding carboxylic acids is 1. The smallest absolute Gasteiger partial charge is 0.254 e. The van der Waals surface area contributed by atoms with Crippen LogP contribution < -0.4 is 0 Å². The van der Waals surface area contributed by atoms with E-state index < -0.39 is 6.10 Å². The van der Waals surface area contributed by atoms with Crippen molar-refractivity contribution in [3.05, 3.63) is 78.0 Å². The van der Waals surface area contributed by atoms with E-state index in [1.54, 1.807) is 46.5 Å². The quantitative estimate of drug-likeness (QED) is 0.781. The molecule has 1 unspecified atom stereocenters. The van der Waals surface area contributed by atoms with E-state index in [1.807, 2.05) is 24.3 Å². The van der Waals surface area contributed by atoms with Crippen LogP contribution in [0.3, 0.4) is 0 Å². The van der Waals surface area contributed by atoms with Crippen LogP contribution in [0, 0.1) is 0 Å². The first-order valence-corrected chi connectivity index (χ1v) is 8.22. The zero-order valence-corrected chi connectivity index (χ0v) is 13.6. The molecule has 3 heterocycles. The van der Waals surface area contributed by atoms with Crippen LogP contribution in [0.5, 0.6) is 0 Å². The second-order valence-corrected chi connectivity index (χ2v) is 6.10. The maximum absolute atomic E-state index is 13.0. The SMILES string of the molecule is O=C(c1ccnc(-n2ccnc2)c1)N1CCC(O)c2ccccc2C1. The molecule has 2 aromatic heterocycles. The van der Waals surface area contributed by atoms with Crippen LogP contribution in [-0.2, 0) is 6.54 Å². The number of rotatable bonds is 2. The third-order valence-corrected chi connectivity index (χ3v) is 4.50. The molecule has 0 aliphatic carbocycles. The molecular formula is C19H18N4O2. The minimum absolute atomic E-state index is 0.0623. The van der Waals surface area contributed by atoms with E-state index in [9.17, 15) is 9.90 Å². The van der Waals surface area contributed by atoms with E-state index in [0.717, 1.165) is 11.1 Å². The number of hydrogen-bond donors (Lipinski definition) is 1. The van der Waals surface area contributed by atoms with E-state index in [1.165, 1.54) is 0 Å². The van der Waals surface area contributed by atoms with Crippen molar-refractivity contribution < 1.29 is 9.90 Å². The fourth-order valence-corrected chi connectivity index (χ4v) is 3.16. The summed E-state index contributed by atoms with van der Waals surface area (Å²) in [6.07, 6.45) is 6.73. The second kappa shape index (κ2) is 6.49. The molecule has 6 heteroatoms. The van der Waals surface area contributed by atoms with Gasteiger partial charge in [-0.3, -0.25) is 9.36 Å². The summed E-state index contributed by atoms with van der Waals surface area (Å²) >= 11 is 0. The number of nitrogens with zero attached hydrogens (tertiary/aromatic N) is 4. The molecule has 0 bridgehead atoms. The number of amides is 1. The molecule has 0 saturated carbocycles. The predicted molar refractivity (Wildman–Crippen MR) is 92.1 cm³/mol. The first kappa shape index (κ1) is 15.5. The van der Waals surface area contributed by atoms with Crippen LogP contribution in [0.4, 0.5) is 0 Å². The summed E-state index contributed by atoms with van der Waals surface area (Å²) in [6.45, 7) is 1.01. The molecule has 0 spiro atoms. The van der Waals surface area contributed by atoms with Gasteiger partial charge in [0.25, 0.3) is 5.91 Å². The average Bonchev–Trinajstić information content (AvgIpc) is 3.14. The third kappa shape index (κ3) is 3.04. The summed E-state index contributed by atoms with van der Waals surface area (Å²) in [4.78, 5) is 23.1. The number of carbonyl (C=O) groups is 1. The highest BCUT2D eigenvalue weighted by atomic mass is 16.3. The van der Waals surface area contributed by atoms with Crippen molar-refractivity contribution in [2.75, 3.05) is 6.54 Å². The Labute approximate surface area is 145 Å². The Balaban J connectivity index is 1.62. The van der Waals surface area contributed by atoms with Gasteiger partial charge in [-0.2, -0.15) is 0 Å². The van der Waals surface area contributed by atoms with Crippen molar-refractivity contribution >= 4 is 5.91 Å². The van der Waals surface area contributed by atoms with E-state index >= 15 is 0 Å². The molecule has 0 fully saturated rings. The average molecular weight is 334 g/mol. The Morgan fingerprint density at radius 3 is 2.92 bits per heavy atom. The molecule has 1 N–H and O–H groups in total. The molecular weight excluding hydrogens is 316 g/mol. The highest BCUT2D eigenvalue weighted by molar-refractivity contribution is 5.94. The highest BCUT2D eigenvalue weighted by Crippen LogP contribution is 2.27. The number of hydrogen-bond acceptors (Lipinski definition) is 4. The van der Waals surface area contributed by atoms with Gasteiger partial charge in [-0.25, -0.2) is 9.97 Å². The lowest BCUT2D eigenvalue weighted by Crippen LogP contribution is -2.31. The fourth-order valence-electron chi connectivity index (χ4n) is 3.16. The van der Waals surface area contributed by atoms with Crippen molar-refractivity contribution in [1.29, 1.82) is 0 Å². The van der Waals surface area contributed by atoms with Gasteiger partial charge in [-0.15, -0.1) is 0 Å². The lowest BCUT2D eigenvalue weighted by molar-refractivity contribution is 0.0723. The summed E-state index contributed by atoms with van der Waals surface area (Å²) in [7, 11) is 0. The van der Waals surface area contributed by atoms with Gasteiger partial charge in [0.1, 0.15) is 12.1 Å². The van der Waals surface area contributed by atoms with Crippen LogP contribution in [0.1, 0.15) is 34.0 Å². The Kier molecular flexibility index (Phi) is 4.03. The number of aliphatic hydroxyl groups is 1. The number of benzene rings is 1. The number of imidazole rings is 1. The van der Waals surface area contributed by atoms with Gasteiger partial charge in [0.05, 0.1) is 6.10 Å². The Morgan fingerprint density at radius 2 is 2.08 bits per heavy atom. The molecule has 1 aromatic carbocycles. The standard InChI is InChI=1S/C19H18N4O2/c24-17-6-9-22(12-15-3-1-2-4-16(15)17)19(25)14-5-7-21-18(11-14)23-10-8-20-13-23/h1-5,7-8,10-11,13,17,24H,6,9,12H2. The topological polar surface area (TPSA) is 71.2 Å². The normalized spacial score (nSPS) is 17.0. The molecule has 0 radical (unpaired) electrons. The summed E-state index contributed by atoms with van der Waals surface area (Å²) in [6, 6.07) is 11.2. The Bertz CT molecular complexity index is 892. The molecule has 0 saturated heterocycles. The molecule has 6 nitrogen and oxygen atoms in total. The summed E-state index contributed by atoms with van der Waals surface area (Å²) in [5.41, 5.74) is 2.48. The molecule has 1 aliphatic rings. The highest BCUT2D eigenvalue weighted by Gasteiger charge is 2.24. The zero-order chi connectivity index (χ0) is 17.2. The maximum Gasteiger partial charge on any atom is 0.254 e. The number of aliphatic hydroxyl groups excluding tert-OH is 1. The largest absolute Gasteiger partial charge is 0.388 e. The van der Waals surface area contributed by atoms with Crippen molar-refractivity contribution in [3.8, 4) is 5.82 Å². The second-order valence-electron chi connectivity index (χ2n) is 6.10. The lowest BCUT2D eigenvalue weighted by Gasteiger charge is -2.21. The molecule has 4 rings (SSSR count). The molecule has 1 atom stereocenters. The van der Waals surface area contributed by atoms with Crippen molar-refractivity contribution in [2.45, 2.75) is 19.1 Å². The van der Waals surface area contributed by atoms with Crippen molar-refractivity contribution in [1.82, 2.24) is 19.4 Å². The monoisotopic (exact) mass is 334 g/mol. The molecule has 126 valence electrons. The molecule has 3 aromatic rings. The van der Waals surface area contributed by atoms with E-state index in [4.69, 9.17) is 0 Å². The predicted octanol–water partition coefficient (Wildman–Crippen LogP) is 2.35. The van der Waals surface area contributed by atoms with Crippen molar-refractivity contribution in [2.24, 2.45) is 0 Å². The van der Waals surface area contributed by atoms with Crippen LogP contribution in [0.25, 0.3) is 5.82 Å². The lowest BCUT2D eigenvalue weighted by atomic mass is 10.0. The summed E-state index contributed by atoms with van der Waals surface area (Å²) < 4.78 is 1.76. The molecule has 1 amide bonds. The first-order valence-electron chi connectivity index (χ1n) is 8.22. The van der Waals surface area contributed by atoms with Gasteiger partial charge in [0.2, 0.25) is 0 Å². The van der Waals surface area contributed by atoms with Crippen LogP contribution in [0.15, 0.2) is 61.3 Å². The first-order chi connectivity index (χ1) is 12.2. The van der Waals surface area contributed by atoms with Crippen molar-refractivity contribution in [3.63, 3.8) is 0 Å².